The van der Waals surface area contributed by atoms with Gasteiger partial charge in [-0.05, 0) is 31.2 Å². The number of carbonyl (C=O) groups excluding carboxylic acids is 1. The highest BCUT2D eigenvalue weighted by molar-refractivity contribution is 7.98. The Balaban J connectivity index is 1.52. The van der Waals surface area contributed by atoms with Crippen molar-refractivity contribution in [2.75, 3.05) is 5.32 Å². The molecule has 0 aliphatic heterocycles. The first-order chi connectivity index (χ1) is 12.7. The Morgan fingerprint density at radius 3 is 2.77 bits per heavy atom. The minimum Gasteiger partial charge on any atom is -0.338 e. The number of amides is 1. The van der Waals surface area contributed by atoms with Gasteiger partial charge in [-0.15, -0.1) is 11.8 Å². The first kappa shape index (κ1) is 16.3. The van der Waals surface area contributed by atoms with Crippen molar-refractivity contribution in [1.29, 1.82) is 0 Å². The number of para-hydroxylation sites is 2. The van der Waals surface area contributed by atoms with E-state index >= 15 is 0 Å². The van der Waals surface area contributed by atoms with Gasteiger partial charge in [0, 0.05) is 4.90 Å². The molecule has 0 fully saturated rings. The monoisotopic (exact) mass is 365 g/mol. The Hall–Kier alpha value is -3.13. The molecule has 0 atom stereocenters. The van der Waals surface area contributed by atoms with Gasteiger partial charge in [-0.2, -0.15) is 4.98 Å². The fourth-order valence-corrected chi connectivity index (χ4v) is 3.39. The van der Waals surface area contributed by atoms with E-state index in [0.29, 0.717) is 29.0 Å². The summed E-state index contributed by atoms with van der Waals surface area (Å²) in [6.07, 6.45) is 0. The normalized spacial score (nSPS) is 11.0. The maximum absolute atomic E-state index is 12.7. The van der Waals surface area contributed by atoms with Gasteiger partial charge in [0.25, 0.3) is 5.91 Å². The predicted molar refractivity (Wildman–Crippen MR) is 99.1 cm³/mol. The number of hydrogen-bond acceptors (Lipinski definition) is 6. The van der Waals surface area contributed by atoms with Crippen molar-refractivity contribution < 1.29 is 9.32 Å². The van der Waals surface area contributed by atoms with E-state index in [1.54, 1.807) is 13.0 Å². The molecule has 0 unspecified atom stereocenters. The van der Waals surface area contributed by atoms with Crippen LogP contribution in [0.25, 0.3) is 11.0 Å². The first-order valence-electron chi connectivity index (χ1n) is 7.96. The number of H-pyrrole nitrogens is 1. The van der Waals surface area contributed by atoms with E-state index in [0.717, 1.165) is 15.9 Å². The zero-order valence-electron chi connectivity index (χ0n) is 13.9. The molecule has 4 rings (SSSR count). The van der Waals surface area contributed by atoms with Crippen molar-refractivity contribution in [2.24, 2.45) is 0 Å². The van der Waals surface area contributed by atoms with Gasteiger partial charge in [0.15, 0.2) is 5.82 Å². The van der Waals surface area contributed by atoms with Gasteiger partial charge in [-0.25, -0.2) is 4.98 Å². The van der Waals surface area contributed by atoms with Crippen LogP contribution in [0.2, 0.25) is 0 Å². The average molecular weight is 365 g/mol. The summed E-state index contributed by atoms with van der Waals surface area (Å²) >= 11 is 1.47. The molecule has 0 saturated heterocycles. The topological polar surface area (TPSA) is 96.7 Å². The Kier molecular flexibility index (Phi) is 4.40. The maximum Gasteiger partial charge on any atom is 0.259 e. The van der Waals surface area contributed by atoms with E-state index < -0.39 is 0 Å². The van der Waals surface area contributed by atoms with Crippen LogP contribution in [0.3, 0.4) is 0 Å². The number of carbonyl (C=O) groups is 1. The van der Waals surface area contributed by atoms with Gasteiger partial charge in [0.05, 0.1) is 22.3 Å². The van der Waals surface area contributed by atoms with Gasteiger partial charge in [0.1, 0.15) is 0 Å². The summed E-state index contributed by atoms with van der Waals surface area (Å²) in [6.45, 7) is 1.77. The molecule has 2 aromatic carbocycles. The molecule has 8 heteroatoms. The maximum atomic E-state index is 12.7. The van der Waals surface area contributed by atoms with Gasteiger partial charge >= 0.3 is 0 Å². The van der Waals surface area contributed by atoms with Crippen molar-refractivity contribution in [1.82, 2.24) is 20.1 Å². The number of aryl methyl sites for hydroxylation is 1. The minimum absolute atomic E-state index is 0.228. The lowest BCUT2D eigenvalue weighted by atomic mass is 10.2. The van der Waals surface area contributed by atoms with E-state index in [9.17, 15) is 4.79 Å². The zero-order valence-corrected chi connectivity index (χ0v) is 14.7. The fraction of sp³-hybridized carbons (Fsp3) is 0.111. The summed E-state index contributed by atoms with van der Waals surface area (Å²) < 4.78 is 5.12. The fourth-order valence-electron chi connectivity index (χ4n) is 2.51. The molecule has 2 N–H and O–H groups in total. The van der Waals surface area contributed by atoms with Crippen LogP contribution in [-0.2, 0) is 5.75 Å². The number of rotatable bonds is 5. The lowest BCUT2D eigenvalue weighted by molar-refractivity contribution is 0.102. The smallest absolute Gasteiger partial charge is 0.259 e. The summed E-state index contributed by atoms with van der Waals surface area (Å²) in [5, 5.41) is 6.59. The van der Waals surface area contributed by atoms with Crippen LogP contribution >= 0.6 is 11.8 Å². The first-order valence-corrected chi connectivity index (χ1v) is 8.95. The van der Waals surface area contributed by atoms with Gasteiger partial charge in [0.2, 0.25) is 11.8 Å². The second-order valence-electron chi connectivity index (χ2n) is 5.58. The Morgan fingerprint density at radius 1 is 1.15 bits per heavy atom. The van der Waals surface area contributed by atoms with E-state index in [1.165, 1.54) is 11.8 Å². The van der Waals surface area contributed by atoms with Crippen molar-refractivity contribution in [2.45, 2.75) is 17.6 Å². The molecule has 130 valence electrons. The van der Waals surface area contributed by atoms with E-state index in [-0.39, 0.29) is 5.91 Å². The summed E-state index contributed by atoms with van der Waals surface area (Å²) in [5.74, 6) is 1.81. The van der Waals surface area contributed by atoms with Crippen LogP contribution in [0.15, 0.2) is 57.9 Å². The van der Waals surface area contributed by atoms with Crippen molar-refractivity contribution in [3.63, 3.8) is 0 Å². The molecule has 0 radical (unpaired) electrons. The second kappa shape index (κ2) is 7.01. The average Bonchev–Trinajstić information content (AvgIpc) is 3.25. The lowest BCUT2D eigenvalue weighted by Crippen LogP contribution is -2.14. The molecular weight excluding hydrogens is 350 g/mol. The lowest BCUT2D eigenvalue weighted by Gasteiger charge is -2.07. The number of thioether (sulfide) groups is 1. The highest BCUT2D eigenvalue weighted by atomic mass is 32.2. The van der Waals surface area contributed by atoms with Crippen molar-refractivity contribution in [3.8, 4) is 0 Å². The van der Waals surface area contributed by atoms with Crippen molar-refractivity contribution in [3.05, 3.63) is 65.8 Å². The van der Waals surface area contributed by atoms with E-state index in [4.69, 9.17) is 4.52 Å². The molecule has 7 nitrogen and oxygen atoms in total. The third kappa shape index (κ3) is 3.45. The molecular formula is C18H15N5O2S. The van der Waals surface area contributed by atoms with Gasteiger partial charge in [-0.3, -0.25) is 10.1 Å². The number of fused-ring (bicyclic) bond motifs is 1. The van der Waals surface area contributed by atoms with Crippen LogP contribution in [0.1, 0.15) is 22.1 Å². The molecule has 4 aromatic rings. The third-order valence-corrected chi connectivity index (χ3v) is 4.73. The Morgan fingerprint density at radius 2 is 1.96 bits per heavy atom. The number of aromatic amines is 1. The Labute approximate surface area is 153 Å². The van der Waals surface area contributed by atoms with Crippen LogP contribution in [0, 0.1) is 6.92 Å². The zero-order chi connectivity index (χ0) is 17.9. The van der Waals surface area contributed by atoms with Gasteiger partial charge in [-0.1, -0.05) is 29.4 Å². The molecule has 1 amide bonds. The number of anilines is 1. The predicted octanol–water partition coefficient (Wildman–Crippen LogP) is 3.80. The minimum atomic E-state index is -0.228. The standard InChI is InChI=1S/C18H15N5O2S/c1-11-19-16(25-23-11)10-26-15-9-5-2-6-12(15)17(24)22-18-20-13-7-3-4-8-14(13)21-18/h2-9H,10H2,1H3,(H2,20,21,22,24). The Bertz CT molecular complexity index is 1040. The van der Waals surface area contributed by atoms with Crippen LogP contribution < -0.4 is 5.32 Å². The van der Waals surface area contributed by atoms with Crippen LogP contribution in [0.5, 0.6) is 0 Å². The largest absolute Gasteiger partial charge is 0.338 e. The molecule has 0 aliphatic rings. The molecule has 0 bridgehead atoms. The summed E-state index contributed by atoms with van der Waals surface area (Å²) in [5.41, 5.74) is 2.24. The molecule has 0 aliphatic carbocycles. The van der Waals surface area contributed by atoms with Crippen LogP contribution in [0.4, 0.5) is 5.95 Å². The molecule has 2 aromatic heterocycles. The number of hydrogen-bond donors (Lipinski definition) is 2. The summed E-state index contributed by atoms with van der Waals surface area (Å²) in [7, 11) is 0. The summed E-state index contributed by atoms with van der Waals surface area (Å²) in [6, 6.07) is 15.0. The SMILES string of the molecule is Cc1noc(CSc2ccccc2C(=O)Nc2nc3ccccc3[nH]2)n1. The number of imidazole rings is 1. The highest BCUT2D eigenvalue weighted by Crippen LogP contribution is 2.26. The van der Waals surface area contributed by atoms with E-state index in [1.807, 2.05) is 42.5 Å². The van der Waals surface area contributed by atoms with E-state index in [2.05, 4.69) is 25.4 Å². The quantitative estimate of drug-likeness (QED) is 0.522. The molecule has 0 saturated carbocycles. The number of nitrogens with one attached hydrogen (secondary N) is 2. The van der Waals surface area contributed by atoms with Crippen molar-refractivity contribution >= 4 is 34.7 Å². The third-order valence-electron chi connectivity index (χ3n) is 3.67. The molecule has 2 heterocycles. The highest BCUT2D eigenvalue weighted by Gasteiger charge is 2.14. The number of aromatic nitrogens is 4. The van der Waals surface area contributed by atoms with Gasteiger partial charge < -0.3 is 9.51 Å². The molecule has 0 spiro atoms. The summed E-state index contributed by atoms with van der Waals surface area (Å²) in [4.78, 5) is 25.2. The second-order valence-corrected chi connectivity index (χ2v) is 6.59. The van der Waals surface area contributed by atoms with Crippen LogP contribution in [-0.4, -0.2) is 26.0 Å². The molecule has 26 heavy (non-hydrogen) atoms. The number of nitrogens with zero attached hydrogens (tertiary/aromatic N) is 3. The number of benzene rings is 2.